The van der Waals surface area contributed by atoms with Gasteiger partial charge in [-0.05, 0) is 12.8 Å². The Kier molecular flexibility index (Phi) is 12.9. The van der Waals surface area contributed by atoms with Crippen molar-refractivity contribution in [3.8, 4) is 0 Å². The highest BCUT2D eigenvalue weighted by Crippen LogP contribution is 2.12. The summed E-state index contributed by atoms with van der Waals surface area (Å²) in [6, 6.07) is 0. The monoisotopic (exact) mass is 360 g/mol. The van der Waals surface area contributed by atoms with E-state index in [1.165, 1.54) is 64.2 Å². The van der Waals surface area contributed by atoms with Crippen molar-refractivity contribution in [2.75, 3.05) is 26.4 Å². The second-order valence-electron chi connectivity index (χ2n) is 6.66. The van der Waals surface area contributed by atoms with Gasteiger partial charge in [-0.15, -0.1) is 0 Å². The molecule has 24 heavy (non-hydrogen) atoms. The summed E-state index contributed by atoms with van der Waals surface area (Å²) in [7, 11) is -2.70. The van der Waals surface area contributed by atoms with Crippen LogP contribution in [-0.4, -0.2) is 44.6 Å². The lowest BCUT2D eigenvalue weighted by atomic mass is 10.1. The molecule has 0 aromatic rings. The number of hydrogen-bond donors (Lipinski definition) is 1. The summed E-state index contributed by atoms with van der Waals surface area (Å²) < 4.78 is 25.2. The predicted octanol–water partition coefficient (Wildman–Crippen LogP) is 3.89. The van der Waals surface area contributed by atoms with Crippen molar-refractivity contribution in [3.63, 3.8) is 0 Å². The molecule has 0 saturated carbocycles. The normalized spacial score (nSPS) is 14.2. The van der Waals surface area contributed by atoms with Gasteiger partial charge >= 0.3 is 0 Å². The molecule has 0 saturated heterocycles. The molecule has 5 nitrogen and oxygen atoms in total. The fourth-order valence-corrected chi connectivity index (χ4v) is 3.29. The van der Waals surface area contributed by atoms with Crippen molar-refractivity contribution in [1.82, 2.24) is 9.80 Å². The summed E-state index contributed by atoms with van der Waals surface area (Å²) in [5.74, 6) is 0. The van der Waals surface area contributed by atoms with Gasteiger partial charge in [0.15, 0.2) is 0 Å². The summed E-state index contributed by atoms with van der Waals surface area (Å²) in [6.45, 7) is 5.42. The minimum absolute atomic E-state index is 0.279. The van der Waals surface area contributed by atoms with Crippen molar-refractivity contribution in [2.45, 2.75) is 77.6 Å². The van der Waals surface area contributed by atoms with E-state index in [0.717, 1.165) is 26.2 Å². The van der Waals surface area contributed by atoms with E-state index in [1.807, 2.05) is 0 Å². The smallest absolute Gasteiger partial charge is 0.257 e. The zero-order valence-electron chi connectivity index (χ0n) is 15.3. The Morgan fingerprint density at radius 2 is 1.29 bits per heavy atom. The summed E-state index contributed by atoms with van der Waals surface area (Å²) >= 11 is 0. The summed E-state index contributed by atoms with van der Waals surface area (Å²) in [5, 5.41) is 0. The summed E-state index contributed by atoms with van der Waals surface area (Å²) in [6.07, 6.45) is 18.7. The Hall–Kier alpha value is -0.750. The van der Waals surface area contributed by atoms with Gasteiger partial charge in [0, 0.05) is 25.5 Å². The van der Waals surface area contributed by atoms with Crippen LogP contribution in [0.3, 0.4) is 0 Å². The number of rotatable bonds is 16. The Morgan fingerprint density at radius 1 is 0.792 bits per heavy atom. The third kappa shape index (κ3) is 11.7. The van der Waals surface area contributed by atoms with E-state index in [2.05, 4.69) is 33.3 Å². The van der Waals surface area contributed by atoms with Crippen LogP contribution in [0, 0.1) is 0 Å². The maximum absolute atomic E-state index is 10.3. The van der Waals surface area contributed by atoms with E-state index in [-0.39, 0.29) is 6.61 Å². The van der Waals surface area contributed by atoms with Crippen LogP contribution in [0.5, 0.6) is 0 Å². The molecule has 0 aromatic carbocycles. The topological polar surface area (TPSA) is 49.9 Å². The lowest BCUT2D eigenvalue weighted by Gasteiger charge is -2.21. The first-order chi connectivity index (χ1) is 11.7. The molecule has 6 heteroatoms. The number of nitrogens with zero attached hydrogens (tertiary/aromatic N) is 2. The van der Waals surface area contributed by atoms with Crippen LogP contribution >= 0.6 is 0 Å². The lowest BCUT2D eigenvalue weighted by Crippen LogP contribution is -2.27. The maximum atomic E-state index is 10.3. The van der Waals surface area contributed by atoms with Gasteiger partial charge in [-0.3, -0.25) is 4.18 Å². The van der Waals surface area contributed by atoms with Crippen LogP contribution in [0.4, 0.5) is 0 Å². The molecule has 0 amide bonds. The highest BCUT2D eigenvalue weighted by Gasteiger charge is 2.11. The minimum Gasteiger partial charge on any atom is -0.359 e. The fourth-order valence-electron chi connectivity index (χ4n) is 3.02. The molecular weight excluding hydrogens is 324 g/mol. The highest BCUT2D eigenvalue weighted by atomic mass is 32.2. The Bertz CT molecular complexity index is 392. The maximum Gasteiger partial charge on any atom is 0.257 e. The van der Waals surface area contributed by atoms with Gasteiger partial charge in [0.25, 0.3) is 11.0 Å². The molecule has 0 bridgehead atoms. The predicted molar refractivity (Wildman–Crippen MR) is 100 cm³/mol. The largest absolute Gasteiger partial charge is 0.359 e. The van der Waals surface area contributed by atoms with Gasteiger partial charge in [0.2, 0.25) is 0 Å². The molecule has 1 aliphatic heterocycles. The third-order valence-electron chi connectivity index (χ3n) is 4.44. The van der Waals surface area contributed by atoms with Crippen molar-refractivity contribution in [2.24, 2.45) is 0 Å². The van der Waals surface area contributed by atoms with Gasteiger partial charge in [0.05, 0.1) is 13.3 Å². The van der Waals surface area contributed by atoms with Crippen LogP contribution in [0.15, 0.2) is 12.4 Å². The molecular formula is C18H36N2O3S. The molecule has 0 atom stereocenters. The van der Waals surface area contributed by atoms with Gasteiger partial charge in [0.1, 0.15) is 0 Å². The number of unbranched alkanes of at least 4 members (excludes halogenated alkanes) is 9. The second-order valence-corrected chi connectivity index (χ2v) is 7.36. The molecule has 0 N–H and O–H groups in total. The fraction of sp³-hybridized carbons (Fsp3) is 0.889. The molecule has 1 rings (SSSR count). The van der Waals surface area contributed by atoms with E-state index >= 15 is 0 Å². The highest BCUT2D eigenvalue weighted by molar-refractivity contribution is 7.67. The van der Waals surface area contributed by atoms with E-state index in [9.17, 15) is 8.42 Å². The Balaban J connectivity index is 1.86. The first kappa shape index (κ1) is 21.3. The van der Waals surface area contributed by atoms with Crippen molar-refractivity contribution in [1.29, 1.82) is 0 Å². The Morgan fingerprint density at radius 3 is 1.83 bits per heavy atom. The van der Waals surface area contributed by atoms with Crippen LogP contribution in [0.25, 0.3) is 0 Å². The molecule has 1 heterocycles. The molecule has 0 unspecified atom stereocenters. The van der Waals surface area contributed by atoms with Gasteiger partial charge in [-0.2, -0.15) is 0 Å². The minimum atomic E-state index is -2.70. The molecule has 142 valence electrons. The van der Waals surface area contributed by atoms with E-state index in [1.54, 1.807) is 0 Å². The summed E-state index contributed by atoms with van der Waals surface area (Å²) in [4.78, 5) is 4.54. The lowest BCUT2D eigenvalue weighted by molar-refractivity contribution is 0.240. The van der Waals surface area contributed by atoms with Crippen molar-refractivity contribution >= 4 is 11.0 Å². The van der Waals surface area contributed by atoms with E-state index in [0.29, 0.717) is 0 Å². The zero-order valence-corrected chi connectivity index (χ0v) is 16.2. The molecule has 0 aliphatic carbocycles. The SMILES string of the molecule is CCCCCCCCCCCCN1C=CN(CCCO[SH](=O)=O)C1. The van der Waals surface area contributed by atoms with Crippen LogP contribution in [-0.2, 0) is 15.2 Å². The third-order valence-corrected chi connectivity index (χ3v) is 4.83. The van der Waals surface area contributed by atoms with Crippen LogP contribution in [0.1, 0.15) is 77.6 Å². The molecule has 0 radical (unpaired) electrons. The zero-order chi connectivity index (χ0) is 17.5. The van der Waals surface area contributed by atoms with Gasteiger partial charge < -0.3 is 9.80 Å². The van der Waals surface area contributed by atoms with Crippen molar-refractivity contribution in [3.05, 3.63) is 12.4 Å². The van der Waals surface area contributed by atoms with E-state index < -0.39 is 11.0 Å². The van der Waals surface area contributed by atoms with Gasteiger partial charge in [-0.25, -0.2) is 8.42 Å². The Labute approximate surface area is 150 Å². The van der Waals surface area contributed by atoms with Crippen LogP contribution in [0.2, 0.25) is 0 Å². The molecule has 0 fully saturated rings. The average Bonchev–Trinajstić information content (AvgIpc) is 3.01. The first-order valence-corrected chi connectivity index (χ1v) is 10.8. The van der Waals surface area contributed by atoms with Crippen LogP contribution < -0.4 is 0 Å². The van der Waals surface area contributed by atoms with E-state index in [4.69, 9.17) is 0 Å². The molecule has 1 aliphatic rings. The van der Waals surface area contributed by atoms with Crippen molar-refractivity contribution < 1.29 is 12.6 Å². The molecule has 0 spiro atoms. The first-order valence-electron chi connectivity index (χ1n) is 9.66. The summed E-state index contributed by atoms with van der Waals surface area (Å²) in [5.41, 5.74) is 0. The average molecular weight is 361 g/mol. The molecule has 0 aromatic heterocycles. The number of thiol groups is 1. The number of hydrogen-bond acceptors (Lipinski definition) is 5. The quantitative estimate of drug-likeness (QED) is 0.334. The second kappa shape index (κ2) is 14.6. The van der Waals surface area contributed by atoms with Gasteiger partial charge in [-0.1, -0.05) is 64.7 Å². The standard InChI is InChI=1S/C18H36N2O3S/c1-2-3-4-5-6-7-8-9-10-11-13-19-15-16-20(18-19)14-12-17-23-24(21)22/h15-16,24H,2-14,17-18H2,1H3.